The van der Waals surface area contributed by atoms with Gasteiger partial charge in [0.25, 0.3) is 0 Å². The van der Waals surface area contributed by atoms with Gasteiger partial charge in [-0.15, -0.1) is 11.3 Å². The Hall–Kier alpha value is -1.14. The van der Waals surface area contributed by atoms with Gasteiger partial charge in [0.05, 0.1) is 31.4 Å². The molecule has 2 rings (SSSR count). The third-order valence-electron chi connectivity index (χ3n) is 2.90. The maximum atomic E-state index is 10.8. The molecule has 2 heterocycles. The molecule has 0 amide bonds. The molecule has 1 saturated heterocycles. The number of carboxylic acids is 1. The second-order valence-corrected chi connectivity index (χ2v) is 5.34. The number of anilines is 1. The van der Waals surface area contributed by atoms with Crippen LogP contribution in [-0.4, -0.2) is 41.9 Å². The molecule has 1 unspecified atom stereocenters. The normalized spacial score (nSPS) is 20.6. The summed E-state index contributed by atoms with van der Waals surface area (Å²) < 4.78 is 5.34. The van der Waals surface area contributed by atoms with E-state index in [2.05, 4.69) is 9.88 Å². The average molecular weight is 256 g/mol. The molecule has 6 heteroatoms. The highest BCUT2D eigenvalue weighted by atomic mass is 32.1. The van der Waals surface area contributed by atoms with Gasteiger partial charge >= 0.3 is 5.97 Å². The van der Waals surface area contributed by atoms with Gasteiger partial charge in [-0.1, -0.05) is 0 Å². The quantitative estimate of drug-likeness (QED) is 0.886. The van der Waals surface area contributed by atoms with Gasteiger partial charge in [0.15, 0.2) is 5.13 Å². The Morgan fingerprint density at radius 1 is 1.65 bits per heavy atom. The van der Waals surface area contributed by atoms with Crippen molar-refractivity contribution in [2.75, 3.05) is 24.7 Å². The average Bonchev–Trinajstić information content (AvgIpc) is 2.59. The maximum Gasteiger partial charge on any atom is 0.305 e. The lowest BCUT2D eigenvalue weighted by Gasteiger charge is -2.34. The molecule has 1 aromatic heterocycles. The van der Waals surface area contributed by atoms with Gasteiger partial charge in [0.2, 0.25) is 0 Å². The molecule has 94 valence electrons. The van der Waals surface area contributed by atoms with Crippen LogP contribution in [-0.2, 0) is 9.53 Å². The molecule has 1 aromatic rings. The lowest BCUT2D eigenvalue weighted by molar-refractivity contribution is -0.138. The first-order valence-corrected chi connectivity index (χ1v) is 6.40. The summed E-state index contributed by atoms with van der Waals surface area (Å²) in [5, 5.41) is 9.80. The van der Waals surface area contributed by atoms with Crippen LogP contribution < -0.4 is 4.90 Å². The van der Waals surface area contributed by atoms with E-state index in [0.29, 0.717) is 19.8 Å². The number of aryl methyl sites for hydroxylation is 2. The number of hydrogen-bond donors (Lipinski definition) is 1. The van der Waals surface area contributed by atoms with Crippen molar-refractivity contribution < 1.29 is 14.6 Å². The minimum Gasteiger partial charge on any atom is -0.481 e. The number of carbonyl (C=O) groups is 1. The Labute approximate surface area is 104 Å². The fraction of sp³-hybridized carbons (Fsp3) is 0.636. The van der Waals surface area contributed by atoms with Gasteiger partial charge in [0.1, 0.15) is 0 Å². The Bertz CT molecular complexity index is 399. The number of thiazole rings is 1. The third kappa shape index (κ3) is 2.76. The number of morpholine rings is 1. The molecule has 1 fully saturated rings. The third-order valence-corrected chi connectivity index (χ3v) is 4.01. The first-order valence-electron chi connectivity index (χ1n) is 5.58. The highest BCUT2D eigenvalue weighted by Crippen LogP contribution is 2.28. The summed E-state index contributed by atoms with van der Waals surface area (Å²) in [4.78, 5) is 18.5. The molecule has 1 aliphatic heterocycles. The van der Waals surface area contributed by atoms with Crippen molar-refractivity contribution in [2.45, 2.75) is 26.3 Å². The van der Waals surface area contributed by atoms with Crippen LogP contribution in [0.3, 0.4) is 0 Å². The summed E-state index contributed by atoms with van der Waals surface area (Å²) in [7, 11) is 0. The monoisotopic (exact) mass is 256 g/mol. The molecule has 1 atom stereocenters. The molecule has 0 aliphatic carbocycles. The van der Waals surface area contributed by atoms with Crippen LogP contribution >= 0.6 is 11.3 Å². The number of hydrogen-bond acceptors (Lipinski definition) is 5. The fourth-order valence-electron chi connectivity index (χ4n) is 1.86. The van der Waals surface area contributed by atoms with E-state index in [1.165, 1.54) is 4.88 Å². The van der Waals surface area contributed by atoms with E-state index in [9.17, 15) is 4.79 Å². The number of rotatable bonds is 3. The Morgan fingerprint density at radius 2 is 2.41 bits per heavy atom. The van der Waals surface area contributed by atoms with E-state index >= 15 is 0 Å². The fourth-order valence-corrected chi connectivity index (χ4v) is 2.86. The van der Waals surface area contributed by atoms with Crippen LogP contribution in [0.2, 0.25) is 0 Å². The van der Waals surface area contributed by atoms with E-state index in [0.717, 1.165) is 10.8 Å². The first-order chi connectivity index (χ1) is 8.08. The van der Waals surface area contributed by atoms with Crippen molar-refractivity contribution in [3.8, 4) is 0 Å². The van der Waals surface area contributed by atoms with Crippen molar-refractivity contribution >= 4 is 22.4 Å². The zero-order valence-electron chi connectivity index (χ0n) is 9.97. The maximum absolute atomic E-state index is 10.8. The topological polar surface area (TPSA) is 62.7 Å². The zero-order chi connectivity index (χ0) is 12.4. The lowest BCUT2D eigenvalue weighted by atomic mass is 10.2. The van der Waals surface area contributed by atoms with Crippen molar-refractivity contribution in [1.29, 1.82) is 0 Å². The summed E-state index contributed by atoms with van der Waals surface area (Å²) in [5.41, 5.74) is 1.02. The standard InChI is InChI=1S/C11H16N2O3S/c1-7-8(2)17-11(12-7)13-3-4-16-6-9(13)5-10(14)15/h9H,3-6H2,1-2H3,(H,14,15). The van der Waals surface area contributed by atoms with Gasteiger partial charge in [-0.05, 0) is 13.8 Å². The molecule has 0 spiro atoms. The first kappa shape index (κ1) is 12.3. The van der Waals surface area contributed by atoms with E-state index < -0.39 is 5.97 Å². The van der Waals surface area contributed by atoms with E-state index in [1.807, 2.05) is 13.8 Å². The van der Waals surface area contributed by atoms with Gasteiger partial charge in [0, 0.05) is 11.4 Å². The summed E-state index contributed by atoms with van der Waals surface area (Å²) in [6.45, 7) is 5.81. The molecule has 1 aliphatic rings. The van der Waals surface area contributed by atoms with Crippen LogP contribution in [0.1, 0.15) is 17.0 Å². The van der Waals surface area contributed by atoms with Gasteiger partial charge in [-0.2, -0.15) is 0 Å². The van der Waals surface area contributed by atoms with E-state index in [-0.39, 0.29) is 12.5 Å². The molecule has 5 nitrogen and oxygen atoms in total. The van der Waals surface area contributed by atoms with Crippen LogP contribution in [0.15, 0.2) is 0 Å². The van der Waals surface area contributed by atoms with Crippen LogP contribution in [0.25, 0.3) is 0 Å². The Kier molecular flexibility index (Phi) is 3.63. The molecule has 0 saturated carbocycles. The number of carboxylic acid groups (broad SMARTS) is 1. The zero-order valence-corrected chi connectivity index (χ0v) is 10.8. The summed E-state index contributed by atoms with van der Waals surface area (Å²) in [5.74, 6) is -0.796. The van der Waals surface area contributed by atoms with E-state index in [1.54, 1.807) is 11.3 Å². The highest BCUT2D eigenvalue weighted by Gasteiger charge is 2.27. The predicted octanol–water partition coefficient (Wildman–Crippen LogP) is 1.44. The summed E-state index contributed by atoms with van der Waals surface area (Å²) in [6.07, 6.45) is 0.0949. The Balaban J connectivity index is 2.18. The van der Waals surface area contributed by atoms with Crippen LogP contribution in [0.5, 0.6) is 0 Å². The minimum absolute atomic E-state index is 0.0949. The molecule has 0 aromatic carbocycles. The molecule has 1 N–H and O–H groups in total. The predicted molar refractivity (Wildman–Crippen MR) is 65.8 cm³/mol. The van der Waals surface area contributed by atoms with Crippen molar-refractivity contribution in [1.82, 2.24) is 4.98 Å². The van der Waals surface area contributed by atoms with Crippen LogP contribution in [0, 0.1) is 13.8 Å². The molecular weight excluding hydrogens is 240 g/mol. The van der Waals surface area contributed by atoms with Crippen LogP contribution in [0.4, 0.5) is 5.13 Å². The molecular formula is C11H16N2O3S. The second kappa shape index (κ2) is 5.01. The number of ether oxygens (including phenoxy) is 1. The number of aliphatic carboxylic acids is 1. The SMILES string of the molecule is Cc1nc(N2CCOCC2CC(=O)O)sc1C. The lowest BCUT2D eigenvalue weighted by Crippen LogP contribution is -2.46. The summed E-state index contributed by atoms with van der Waals surface area (Å²) in [6, 6.07) is -0.105. The highest BCUT2D eigenvalue weighted by molar-refractivity contribution is 7.15. The smallest absolute Gasteiger partial charge is 0.305 e. The molecule has 0 bridgehead atoms. The van der Waals surface area contributed by atoms with Crippen molar-refractivity contribution in [2.24, 2.45) is 0 Å². The van der Waals surface area contributed by atoms with Gasteiger partial charge in [-0.3, -0.25) is 4.79 Å². The summed E-state index contributed by atoms with van der Waals surface area (Å²) >= 11 is 1.62. The number of nitrogens with zero attached hydrogens (tertiary/aromatic N) is 2. The largest absolute Gasteiger partial charge is 0.481 e. The molecule has 0 radical (unpaired) electrons. The number of aromatic nitrogens is 1. The van der Waals surface area contributed by atoms with Gasteiger partial charge < -0.3 is 14.7 Å². The van der Waals surface area contributed by atoms with E-state index in [4.69, 9.17) is 9.84 Å². The Morgan fingerprint density at radius 3 is 3.00 bits per heavy atom. The second-order valence-electron chi connectivity index (χ2n) is 4.16. The molecule has 17 heavy (non-hydrogen) atoms. The van der Waals surface area contributed by atoms with Gasteiger partial charge in [-0.25, -0.2) is 4.98 Å². The minimum atomic E-state index is -0.796. The van der Waals surface area contributed by atoms with Crippen molar-refractivity contribution in [3.63, 3.8) is 0 Å². The van der Waals surface area contributed by atoms with Crippen molar-refractivity contribution in [3.05, 3.63) is 10.6 Å².